The maximum atomic E-state index is 11.6. The van der Waals surface area contributed by atoms with Gasteiger partial charge in [-0.15, -0.1) is 0 Å². The van der Waals surface area contributed by atoms with Crippen molar-refractivity contribution in [1.82, 2.24) is 0 Å². The molecule has 0 spiro atoms. The summed E-state index contributed by atoms with van der Waals surface area (Å²) in [6.45, 7) is 0. The molecule has 2 rings (SSSR count). The summed E-state index contributed by atoms with van der Waals surface area (Å²) in [5.41, 5.74) is 1.48. The van der Waals surface area contributed by atoms with E-state index in [0.29, 0.717) is 11.6 Å². The van der Waals surface area contributed by atoms with Crippen LogP contribution in [0.1, 0.15) is 30.7 Å². The van der Waals surface area contributed by atoms with E-state index in [1.807, 2.05) is 6.07 Å². The Kier molecular flexibility index (Phi) is 4.04. The van der Waals surface area contributed by atoms with E-state index < -0.39 is 16.0 Å². The Hall–Kier alpha value is -1.56. The first-order valence-corrected chi connectivity index (χ1v) is 8.39. The highest BCUT2D eigenvalue weighted by molar-refractivity contribution is 7.92. The van der Waals surface area contributed by atoms with Gasteiger partial charge in [-0.3, -0.25) is 9.10 Å². The van der Waals surface area contributed by atoms with Crippen molar-refractivity contribution >= 4 is 21.7 Å². The van der Waals surface area contributed by atoms with E-state index in [1.54, 1.807) is 18.2 Å². The molecule has 1 aliphatic carbocycles. The molecule has 1 unspecified atom stereocenters. The summed E-state index contributed by atoms with van der Waals surface area (Å²) in [6, 6.07) is 7.16. The summed E-state index contributed by atoms with van der Waals surface area (Å²) in [5.74, 6) is -0.436. The monoisotopic (exact) mass is 297 g/mol. The Morgan fingerprint density at radius 2 is 2.10 bits per heavy atom. The molecule has 110 valence electrons. The summed E-state index contributed by atoms with van der Waals surface area (Å²) in [7, 11) is -1.81. The van der Waals surface area contributed by atoms with Crippen molar-refractivity contribution in [1.29, 1.82) is 0 Å². The number of anilines is 1. The van der Waals surface area contributed by atoms with Crippen LogP contribution in [0.3, 0.4) is 0 Å². The van der Waals surface area contributed by atoms with Crippen LogP contribution in [-0.2, 0) is 14.8 Å². The summed E-state index contributed by atoms with van der Waals surface area (Å²) >= 11 is 0. The van der Waals surface area contributed by atoms with Gasteiger partial charge in [-0.05, 0) is 42.4 Å². The third-order valence-corrected chi connectivity index (χ3v) is 4.95. The highest BCUT2D eigenvalue weighted by Gasteiger charge is 2.34. The summed E-state index contributed by atoms with van der Waals surface area (Å²) in [4.78, 5) is 11.0. The largest absolute Gasteiger partial charge is 0.481 e. The number of hydrogen-bond donors (Lipinski definition) is 1. The molecule has 1 atom stereocenters. The first-order valence-electron chi connectivity index (χ1n) is 6.54. The van der Waals surface area contributed by atoms with Crippen molar-refractivity contribution in [3.8, 4) is 0 Å². The van der Waals surface area contributed by atoms with Crippen LogP contribution < -0.4 is 4.31 Å². The summed E-state index contributed by atoms with van der Waals surface area (Å²) in [6.07, 6.45) is 3.33. The number of sulfonamides is 1. The molecule has 5 nitrogen and oxygen atoms in total. The highest BCUT2D eigenvalue weighted by atomic mass is 32.2. The van der Waals surface area contributed by atoms with Gasteiger partial charge >= 0.3 is 5.97 Å². The van der Waals surface area contributed by atoms with Gasteiger partial charge in [0.25, 0.3) is 0 Å². The predicted molar refractivity (Wildman–Crippen MR) is 77.4 cm³/mol. The second-order valence-electron chi connectivity index (χ2n) is 5.37. The minimum Gasteiger partial charge on any atom is -0.481 e. The van der Waals surface area contributed by atoms with E-state index in [0.717, 1.165) is 24.7 Å². The molecule has 6 heteroatoms. The third-order valence-electron chi connectivity index (χ3n) is 3.75. The van der Waals surface area contributed by atoms with E-state index in [2.05, 4.69) is 0 Å². The van der Waals surface area contributed by atoms with Crippen molar-refractivity contribution in [3.05, 3.63) is 29.8 Å². The zero-order chi connectivity index (χ0) is 14.9. The minimum absolute atomic E-state index is 0.0274. The molecule has 20 heavy (non-hydrogen) atoms. The van der Waals surface area contributed by atoms with E-state index >= 15 is 0 Å². The van der Waals surface area contributed by atoms with Gasteiger partial charge in [0.05, 0.1) is 18.4 Å². The summed E-state index contributed by atoms with van der Waals surface area (Å²) < 4.78 is 24.3. The molecule has 0 aliphatic heterocycles. The molecular formula is C14H19NO4S. The average molecular weight is 297 g/mol. The van der Waals surface area contributed by atoms with Crippen LogP contribution in [0.2, 0.25) is 0 Å². The molecule has 0 saturated heterocycles. The zero-order valence-electron chi connectivity index (χ0n) is 11.6. The average Bonchev–Trinajstić information content (AvgIpc) is 3.18. The van der Waals surface area contributed by atoms with Gasteiger partial charge in [0.2, 0.25) is 10.0 Å². The smallest absolute Gasteiger partial charge is 0.303 e. The Bertz CT molecular complexity index is 607. The fourth-order valence-corrected chi connectivity index (χ4v) is 2.88. The number of benzene rings is 1. The van der Waals surface area contributed by atoms with Crippen LogP contribution in [0.25, 0.3) is 0 Å². The van der Waals surface area contributed by atoms with Crippen LogP contribution in [-0.4, -0.2) is 32.8 Å². The van der Waals surface area contributed by atoms with Crippen molar-refractivity contribution in [3.63, 3.8) is 0 Å². The minimum atomic E-state index is -3.31. The molecule has 0 amide bonds. The van der Waals surface area contributed by atoms with Crippen molar-refractivity contribution in [2.45, 2.75) is 25.2 Å². The highest BCUT2D eigenvalue weighted by Crippen LogP contribution is 2.45. The Balaban J connectivity index is 2.30. The van der Waals surface area contributed by atoms with E-state index in [1.165, 1.54) is 11.4 Å². The Labute approximate surface area is 119 Å². The van der Waals surface area contributed by atoms with E-state index in [9.17, 15) is 13.2 Å². The van der Waals surface area contributed by atoms with Crippen molar-refractivity contribution in [2.75, 3.05) is 17.6 Å². The lowest BCUT2D eigenvalue weighted by Crippen LogP contribution is -2.25. The molecule has 0 bridgehead atoms. The van der Waals surface area contributed by atoms with Crippen LogP contribution in [0, 0.1) is 5.92 Å². The molecule has 1 aliphatic rings. The fraction of sp³-hybridized carbons (Fsp3) is 0.500. The van der Waals surface area contributed by atoms with Gasteiger partial charge in [0.1, 0.15) is 0 Å². The van der Waals surface area contributed by atoms with Crippen LogP contribution >= 0.6 is 0 Å². The predicted octanol–water partition coefficient (Wildman–Crippen LogP) is 2.05. The number of rotatable bonds is 6. The van der Waals surface area contributed by atoms with Gasteiger partial charge in [0, 0.05) is 7.05 Å². The van der Waals surface area contributed by atoms with E-state index in [4.69, 9.17) is 5.11 Å². The molecule has 1 fully saturated rings. The molecule has 1 N–H and O–H groups in total. The Morgan fingerprint density at radius 3 is 2.60 bits per heavy atom. The molecule has 0 aromatic heterocycles. The lowest BCUT2D eigenvalue weighted by atomic mass is 9.91. The number of hydrogen-bond acceptors (Lipinski definition) is 3. The van der Waals surface area contributed by atoms with Gasteiger partial charge in [0.15, 0.2) is 0 Å². The first-order chi connectivity index (χ1) is 9.29. The lowest BCUT2D eigenvalue weighted by molar-refractivity contribution is -0.137. The number of carboxylic acid groups (broad SMARTS) is 1. The van der Waals surface area contributed by atoms with Crippen LogP contribution in [0.5, 0.6) is 0 Å². The van der Waals surface area contributed by atoms with Gasteiger partial charge in [-0.25, -0.2) is 8.42 Å². The quantitative estimate of drug-likeness (QED) is 0.872. The van der Waals surface area contributed by atoms with Gasteiger partial charge < -0.3 is 5.11 Å². The standard InChI is InChI=1S/C14H19NO4S/c1-15(20(2,18)19)12-5-3-4-11(8-12)13(9-14(16)17)10-6-7-10/h3-5,8,10,13H,6-7,9H2,1-2H3,(H,16,17). The van der Waals surface area contributed by atoms with Gasteiger partial charge in [-0.1, -0.05) is 12.1 Å². The number of nitrogens with zero attached hydrogens (tertiary/aromatic N) is 1. The lowest BCUT2D eigenvalue weighted by Gasteiger charge is -2.20. The van der Waals surface area contributed by atoms with Crippen LogP contribution in [0.4, 0.5) is 5.69 Å². The molecule has 1 aromatic carbocycles. The molecule has 1 aromatic rings. The van der Waals surface area contributed by atoms with Gasteiger partial charge in [-0.2, -0.15) is 0 Å². The number of carboxylic acids is 1. The van der Waals surface area contributed by atoms with Crippen LogP contribution in [0.15, 0.2) is 24.3 Å². The number of carbonyl (C=O) groups is 1. The van der Waals surface area contributed by atoms with Crippen molar-refractivity contribution < 1.29 is 18.3 Å². The SMILES string of the molecule is CN(c1cccc(C(CC(=O)O)C2CC2)c1)S(C)(=O)=O. The maximum absolute atomic E-state index is 11.6. The Morgan fingerprint density at radius 1 is 1.45 bits per heavy atom. The first kappa shape index (κ1) is 14.8. The topological polar surface area (TPSA) is 74.7 Å². The fourth-order valence-electron chi connectivity index (χ4n) is 2.39. The second-order valence-corrected chi connectivity index (χ2v) is 7.38. The molecule has 0 radical (unpaired) electrons. The molecular weight excluding hydrogens is 278 g/mol. The van der Waals surface area contributed by atoms with E-state index in [-0.39, 0.29) is 12.3 Å². The zero-order valence-corrected chi connectivity index (χ0v) is 12.4. The maximum Gasteiger partial charge on any atom is 0.303 e. The molecule has 1 saturated carbocycles. The molecule has 0 heterocycles. The summed E-state index contributed by atoms with van der Waals surface area (Å²) in [5, 5.41) is 9.02. The number of aliphatic carboxylic acids is 1. The van der Waals surface area contributed by atoms with Crippen molar-refractivity contribution in [2.24, 2.45) is 5.92 Å². The second kappa shape index (κ2) is 5.44. The normalized spacial score (nSPS) is 16.7. The third kappa shape index (κ3) is 3.50.